The van der Waals surface area contributed by atoms with E-state index < -0.39 is 0 Å². The van der Waals surface area contributed by atoms with E-state index in [1.54, 1.807) is 11.8 Å². The van der Waals surface area contributed by atoms with E-state index in [9.17, 15) is 14.4 Å². The molecule has 1 fully saturated rings. The largest absolute Gasteiger partial charge is 0.466 e. The molecule has 26 heavy (non-hydrogen) atoms. The number of hydrogen-bond donors (Lipinski definition) is 0. The topological polar surface area (TPSA) is 81.5 Å². The Kier molecular flexibility index (Phi) is 5.98. The normalized spacial score (nSPS) is 17.5. The van der Waals surface area contributed by atoms with Gasteiger partial charge in [0.1, 0.15) is 11.2 Å². The zero-order valence-electron chi connectivity index (χ0n) is 14.8. The second kappa shape index (κ2) is 8.22. The van der Waals surface area contributed by atoms with E-state index in [1.807, 2.05) is 17.7 Å². The number of rotatable bonds is 5. The number of aromatic nitrogens is 2. The summed E-state index contributed by atoms with van der Waals surface area (Å²) in [5.41, 5.74) is 0.468. The van der Waals surface area contributed by atoms with Gasteiger partial charge in [-0.15, -0.1) is 11.3 Å². The predicted molar refractivity (Wildman–Crippen MR) is 102 cm³/mol. The average Bonchev–Trinajstić information content (AvgIpc) is 3.13. The lowest BCUT2D eigenvalue weighted by Crippen LogP contribution is -2.45. The molecule has 1 amide bonds. The summed E-state index contributed by atoms with van der Waals surface area (Å²) in [6.07, 6.45) is 3.31. The quantitative estimate of drug-likeness (QED) is 0.437. The van der Waals surface area contributed by atoms with Gasteiger partial charge in [0.2, 0.25) is 5.91 Å². The fourth-order valence-corrected chi connectivity index (χ4v) is 4.45. The number of piperidine rings is 1. The van der Waals surface area contributed by atoms with Crippen molar-refractivity contribution in [2.75, 3.05) is 26.0 Å². The van der Waals surface area contributed by atoms with E-state index in [0.29, 0.717) is 35.1 Å². The van der Waals surface area contributed by atoms with Crippen molar-refractivity contribution in [1.29, 1.82) is 0 Å². The predicted octanol–water partition coefficient (Wildman–Crippen LogP) is 1.98. The Bertz CT molecular complexity index is 877. The first-order valence-corrected chi connectivity index (χ1v) is 10.6. The van der Waals surface area contributed by atoms with Gasteiger partial charge in [0.25, 0.3) is 5.56 Å². The SMILES string of the molecule is CCOC(=O)C1CCCN(C(=O)Cn2c(SC)nc3ccsc3c2=O)C1. The minimum atomic E-state index is -0.290. The van der Waals surface area contributed by atoms with Crippen LogP contribution < -0.4 is 5.56 Å². The van der Waals surface area contributed by atoms with Gasteiger partial charge < -0.3 is 9.64 Å². The molecule has 0 aromatic carbocycles. The molecule has 2 aromatic rings. The van der Waals surface area contributed by atoms with Crippen LogP contribution >= 0.6 is 23.1 Å². The summed E-state index contributed by atoms with van der Waals surface area (Å²) in [5.74, 6) is -0.718. The molecule has 0 saturated carbocycles. The Balaban J connectivity index is 1.79. The summed E-state index contributed by atoms with van der Waals surface area (Å²) in [4.78, 5) is 43.6. The molecule has 9 heteroatoms. The van der Waals surface area contributed by atoms with Crippen LogP contribution in [0.2, 0.25) is 0 Å². The first-order valence-electron chi connectivity index (χ1n) is 8.51. The highest BCUT2D eigenvalue weighted by Crippen LogP contribution is 2.21. The fraction of sp³-hybridized carbons (Fsp3) is 0.529. The Morgan fingerprint density at radius 1 is 1.46 bits per heavy atom. The number of hydrogen-bond acceptors (Lipinski definition) is 7. The lowest BCUT2D eigenvalue weighted by Gasteiger charge is -2.31. The third-order valence-electron chi connectivity index (χ3n) is 4.40. The molecule has 1 aliphatic rings. The van der Waals surface area contributed by atoms with E-state index >= 15 is 0 Å². The number of ether oxygens (including phenoxy) is 1. The number of amides is 1. The molecule has 3 heterocycles. The van der Waals surface area contributed by atoms with Crippen LogP contribution in [0.5, 0.6) is 0 Å². The first kappa shape index (κ1) is 18.9. The van der Waals surface area contributed by atoms with Gasteiger partial charge in [-0.3, -0.25) is 19.0 Å². The first-order chi connectivity index (χ1) is 12.5. The van der Waals surface area contributed by atoms with Gasteiger partial charge >= 0.3 is 5.97 Å². The Hall–Kier alpha value is -1.87. The van der Waals surface area contributed by atoms with Crippen molar-refractivity contribution in [3.05, 3.63) is 21.8 Å². The number of likely N-dealkylation sites (tertiary alicyclic amines) is 1. The summed E-state index contributed by atoms with van der Waals surface area (Å²) in [6, 6.07) is 1.81. The van der Waals surface area contributed by atoms with E-state index in [1.165, 1.54) is 27.7 Å². The average molecular weight is 396 g/mol. The Morgan fingerprint density at radius 3 is 3.00 bits per heavy atom. The molecule has 1 unspecified atom stereocenters. The van der Waals surface area contributed by atoms with Crippen LogP contribution in [0.25, 0.3) is 10.2 Å². The van der Waals surface area contributed by atoms with E-state index in [-0.39, 0.29) is 29.9 Å². The number of fused-ring (bicyclic) bond motifs is 1. The Morgan fingerprint density at radius 2 is 2.27 bits per heavy atom. The fourth-order valence-electron chi connectivity index (χ4n) is 3.11. The molecule has 1 saturated heterocycles. The number of esters is 1. The van der Waals surface area contributed by atoms with Crippen LogP contribution in [0.3, 0.4) is 0 Å². The molecule has 1 atom stereocenters. The smallest absolute Gasteiger partial charge is 0.310 e. The van der Waals surface area contributed by atoms with Gasteiger partial charge in [-0.1, -0.05) is 11.8 Å². The molecular formula is C17H21N3O4S2. The van der Waals surface area contributed by atoms with Crippen molar-refractivity contribution in [3.8, 4) is 0 Å². The van der Waals surface area contributed by atoms with E-state index in [0.717, 1.165) is 12.8 Å². The van der Waals surface area contributed by atoms with Crippen LogP contribution in [0.15, 0.2) is 21.4 Å². The van der Waals surface area contributed by atoms with Crippen LogP contribution in [0.1, 0.15) is 19.8 Å². The third kappa shape index (κ3) is 3.78. The maximum absolute atomic E-state index is 12.8. The van der Waals surface area contributed by atoms with Crippen LogP contribution in [0.4, 0.5) is 0 Å². The molecule has 7 nitrogen and oxygen atoms in total. The summed E-state index contributed by atoms with van der Waals surface area (Å²) in [7, 11) is 0. The van der Waals surface area contributed by atoms with E-state index in [2.05, 4.69) is 4.98 Å². The van der Waals surface area contributed by atoms with Crippen molar-refractivity contribution in [1.82, 2.24) is 14.5 Å². The molecule has 0 N–H and O–H groups in total. The summed E-state index contributed by atoms with van der Waals surface area (Å²) >= 11 is 2.67. The minimum absolute atomic E-state index is 0.0641. The van der Waals surface area contributed by atoms with Crippen molar-refractivity contribution < 1.29 is 14.3 Å². The number of thiophene rings is 1. The molecule has 0 radical (unpaired) electrons. The van der Waals surface area contributed by atoms with Crippen LogP contribution in [-0.2, 0) is 20.9 Å². The zero-order chi connectivity index (χ0) is 18.7. The molecule has 2 aromatic heterocycles. The van der Waals surface area contributed by atoms with Gasteiger partial charge in [0.15, 0.2) is 5.16 Å². The molecular weight excluding hydrogens is 374 g/mol. The number of carbonyl (C=O) groups excluding carboxylic acids is 2. The van der Waals surface area contributed by atoms with Crippen molar-refractivity contribution in [2.45, 2.75) is 31.5 Å². The lowest BCUT2D eigenvalue weighted by atomic mass is 9.98. The van der Waals surface area contributed by atoms with Gasteiger partial charge in [-0.05, 0) is 37.5 Å². The standard InChI is InChI=1S/C17H21N3O4S2/c1-3-24-16(23)11-5-4-7-19(9-11)13(21)10-20-15(22)14-12(6-8-26-14)18-17(20)25-2/h6,8,11H,3-5,7,9-10H2,1-2H3. The molecule has 1 aliphatic heterocycles. The molecule has 0 spiro atoms. The maximum Gasteiger partial charge on any atom is 0.310 e. The minimum Gasteiger partial charge on any atom is -0.466 e. The van der Waals surface area contributed by atoms with Gasteiger partial charge in [0, 0.05) is 13.1 Å². The Labute approximate surface area is 159 Å². The van der Waals surface area contributed by atoms with Crippen molar-refractivity contribution >= 4 is 45.2 Å². The third-order valence-corrected chi connectivity index (χ3v) is 5.97. The second-order valence-corrected chi connectivity index (χ2v) is 7.75. The molecule has 0 bridgehead atoms. The van der Waals surface area contributed by atoms with Gasteiger partial charge in [0.05, 0.1) is 18.0 Å². The van der Waals surface area contributed by atoms with Gasteiger partial charge in [-0.2, -0.15) is 0 Å². The van der Waals surface area contributed by atoms with Gasteiger partial charge in [-0.25, -0.2) is 4.98 Å². The van der Waals surface area contributed by atoms with Crippen molar-refractivity contribution in [3.63, 3.8) is 0 Å². The second-order valence-electron chi connectivity index (χ2n) is 6.06. The number of thioether (sulfide) groups is 1. The highest BCUT2D eigenvalue weighted by molar-refractivity contribution is 7.98. The lowest BCUT2D eigenvalue weighted by molar-refractivity contribution is -0.151. The van der Waals surface area contributed by atoms with Crippen LogP contribution in [0, 0.1) is 5.92 Å². The number of nitrogens with zero attached hydrogens (tertiary/aromatic N) is 3. The molecule has 3 rings (SSSR count). The summed E-state index contributed by atoms with van der Waals surface area (Å²) in [5, 5.41) is 2.34. The monoisotopic (exact) mass is 395 g/mol. The highest BCUT2D eigenvalue weighted by Gasteiger charge is 2.29. The molecule has 0 aliphatic carbocycles. The van der Waals surface area contributed by atoms with Crippen LogP contribution in [-0.4, -0.2) is 52.3 Å². The van der Waals surface area contributed by atoms with Crippen molar-refractivity contribution in [2.24, 2.45) is 5.92 Å². The highest BCUT2D eigenvalue weighted by atomic mass is 32.2. The maximum atomic E-state index is 12.8. The molecule has 140 valence electrons. The number of carbonyl (C=O) groups is 2. The summed E-state index contributed by atoms with van der Waals surface area (Å²) in [6.45, 7) is 2.98. The van der Waals surface area contributed by atoms with E-state index in [4.69, 9.17) is 4.74 Å². The zero-order valence-corrected chi connectivity index (χ0v) is 16.4. The summed E-state index contributed by atoms with van der Waals surface area (Å²) < 4.78 is 7.06.